The van der Waals surface area contributed by atoms with Gasteiger partial charge in [-0.1, -0.05) is 11.6 Å². The predicted octanol–water partition coefficient (Wildman–Crippen LogP) is 2.60. The zero-order valence-corrected chi connectivity index (χ0v) is 11.4. The van der Waals surface area contributed by atoms with Crippen molar-refractivity contribution in [3.8, 4) is 5.75 Å². The highest BCUT2D eigenvalue weighted by molar-refractivity contribution is 6.34. The summed E-state index contributed by atoms with van der Waals surface area (Å²) in [5, 5.41) is 3.89. The summed E-state index contributed by atoms with van der Waals surface area (Å²) in [5.41, 5.74) is 2.22. The van der Waals surface area contributed by atoms with Crippen LogP contribution in [0.4, 0.5) is 0 Å². The van der Waals surface area contributed by atoms with E-state index in [0.29, 0.717) is 28.5 Å². The molecule has 1 saturated heterocycles. The zero-order valence-electron chi connectivity index (χ0n) is 10.7. The highest BCUT2D eigenvalue weighted by Gasteiger charge is 2.49. The number of nitrogens with one attached hydrogen (secondary N) is 1. The second kappa shape index (κ2) is 3.97. The molecule has 1 saturated carbocycles. The van der Waals surface area contributed by atoms with E-state index < -0.39 is 0 Å². The number of fused-ring (bicyclic) bond motifs is 1. The van der Waals surface area contributed by atoms with Crippen molar-refractivity contribution in [2.45, 2.75) is 31.8 Å². The van der Waals surface area contributed by atoms with E-state index in [1.165, 1.54) is 0 Å². The average Bonchev–Trinajstić information content (AvgIpc) is 2.67. The molecule has 2 fully saturated rings. The van der Waals surface area contributed by atoms with Crippen LogP contribution in [0.2, 0.25) is 5.02 Å². The molecule has 19 heavy (non-hydrogen) atoms. The molecule has 0 aromatic heterocycles. The van der Waals surface area contributed by atoms with Gasteiger partial charge in [0.15, 0.2) is 5.78 Å². The highest BCUT2D eigenvalue weighted by Crippen LogP contribution is 2.47. The summed E-state index contributed by atoms with van der Waals surface area (Å²) >= 11 is 6.11. The van der Waals surface area contributed by atoms with Gasteiger partial charge in [0.05, 0.1) is 11.1 Å². The van der Waals surface area contributed by atoms with Crippen LogP contribution in [0.15, 0.2) is 12.1 Å². The van der Waals surface area contributed by atoms with Crippen LogP contribution >= 0.6 is 11.6 Å². The lowest BCUT2D eigenvalue weighted by Crippen LogP contribution is -2.62. The summed E-state index contributed by atoms with van der Waals surface area (Å²) in [6.07, 6.45) is 3.90. The molecule has 0 atom stereocenters. The molecule has 3 nitrogen and oxygen atoms in total. The van der Waals surface area contributed by atoms with E-state index in [1.807, 2.05) is 6.07 Å². The molecular weight excluding hydrogens is 262 g/mol. The van der Waals surface area contributed by atoms with E-state index >= 15 is 0 Å². The number of halogens is 1. The third-order valence-electron chi connectivity index (χ3n) is 4.71. The van der Waals surface area contributed by atoms with Crippen LogP contribution in [0.5, 0.6) is 5.75 Å². The number of ketones is 1. The van der Waals surface area contributed by atoms with Gasteiger partial charge in [0, 0.05) is 36.1 Å². The SMILES string of the molecule is O=C1CCc2c(OC3CC4(CNC4)C3)ccc(Cl)c21. The van der Waals surface area contributed by atoms with Gasteiger partial charge in [0.25, 0.3) is 0 Å². The van der Waals surface area contributed by atoms with E-state index in [9.17, 15) is 4.79 Å². The van der Waals surface area contributed by atoms with E-state index in [4.69, 9.17) is 16.3 Å². The number of rotatable bonds is 2. The van der Waals surface area contributed by atoms with E-state index in [0.717, 1.165) is 43.7 Å². The first-order valence-electron chi connectivity index (χ1n) is 6.89. The van der Waals surface area contributed by atoms with Crippen LogP contribution in [-0.2, 0) is 6.42 Å². The van der Waals surface area contributed by atoms with Gasteiger partial charge < -0.3 is 10.1 Å². The monoisotopic (exact) mass is 277 g/mol. The Hall–Kier alpha value is -1.06. The Balaban J connectivity index is 1.55. The molecule has 1 aliphatic heterocycles. The van der Waals surface area contributed by atoms with Gasteiger partial charge in [-0.25, -0.2) is 0 Å². The van der Waals surface area contributed by atoms with Crippen molar-refractivity contribution in [3.05, 3.63) is 28.3 Å². The van der Waals surface area contributed by atoms with E-state index in [1.54, 1.807) is 6.07 Å². The van der Waals surface area contributed by atoms with Crippen molar-refractivity contribution in [3.63, 3.8) is 0 Å². The molecule has 3 aliphatic rings. The van der Waals surface area contributed by atoms with Crippen LogP contribution in [0.1, 0.15) is 35.2 Å². The molecule has 1 N–H and O–H groups in total. The van der Waals surface area contributed by atoms with Gasteiger partial charge in [-0.3, -0.25) is 4.79 Å². The third-order valence-corrected chi connectivity index (χ3v) is 5.03. The Morgan fingerprint density at radius 1 is 1.26 bits per heavy atom. The molecule has 4 rings (SSSR count). The van der Waals surface area contributed by atoms with Gasteiger partial charge in [-0.15, -0.1) is 0 Å². The maximum absolute atomic E-state index is 11.8. The van der Waals surface area contributed by atoms with E-state index in [2.05, 4.69) is 5.32 Å². The van der Waals surface area contributed by atoms with Crippen molar-refractivity contribution in [2.75, 3.05) is 13.1 Å². The molecule has 2 aliphatic carbocycles. The van der Waals surface area contributed by atoms with E-state index in [-0.39, 0.29) is 5.78 Å². The Morgan fingerprint density at radius 3 is 2.74 bits per heavy atom. The Morgan fingerprint density at radius 2 is 2.05 bits per heavy atom. The maximum atomic E-state index is 11.8. The first-order valence-corrected chi connectivity index (χ1v) is 7.27. The van der Waals surface area contributed by atoms with Crippen molar-refractivity contribution in [1.82, 2.24) is 5.32 Å². The molecule has 4 heteroatoms. The smallest absolute Gasteiger partial charge is 0.165 e. The number of carbonyl (C=O) groups excluding carboxylic acids is 1. The van der Waals surface area contributed by atoms with Crippen LogP contribution in [0, 0.1) is 5.41 Å². The number of hydrogen-bond acceptors (Lipinski definition) is 3. The standard InChI is InChI=1S/C15H16ClNO2/c16-11-2-4-13(10-1-3-12(18)14(10)11)19-9-5-15(6-9)7-17-8-15/h2,4,9,17H,1,3,5-8H2. The molecule has 0 amide bonds. The lowest BCUT2D eigenvalue weighted by Gasteiger charge is -2.53. The van der Waals surface area contributed by atoms with Gasteiger partial charge in [-0.2, -0.15) is 0 Å². The topological polar surface area (TPSA) is 38.3 Å². The molecule has 100 valence electrons. The summed E-state index contributed by atoms with van der Waals surface area (Å²) in [6, 6.07) is 3.71. The summed E-state index contributed by atoms with van der Waals surface area (Å²) < 4.78 is 6.09. The number of benzene rings is 1. The molecule has 1 aromatic carbocycles. The summed E-state index contributed by atoms with van der Waals surface area (Å²) in [5.74, 6) is 1.02. The summed E-state index contributed by atoms with van der Waals surface area (Å²) in [4.78, 5) is 11.8. The molecule has 1 spiro atoms. The van der Waals surface area contributed by atoms with Crippen LogP contribution in [-0.4, -0.2) is 25.0 Å². The highest BCUT2D eigenvalue weighted by atomic mass is 35.5. The van der Waals surface area contributed by atoms with Gasteiger partial charge in [0.1, 0.15) is 5.75 Å². The fourth-order valence-corrected chi connectivity index (χ4v) is 3.84. The number of Topliss-reactive ketones (excluding diaryl/α,β-unsaturated/α-hetero) is 1. The second-order valence-electron chi connectivity index (χ2n) is 6.07. The average molecular weight is 278 g/mol. The molecule has 0 radical (unpaired) electrons. The third kappa shape index (κ3) is 1.72. The second-order valence-corrected chi connectivity index (χ2v) is 6.48. The van der Waals surface area contributed by atoms with Gasteiger partial charge in [0.2, 0.25) is 0 Å². The van der Waals surface area contributed by atoms with Gasteiger partial charge >= 0.3 is 0 Å². The summed E-state index contributed by atoms with van der Waals surface area (Å²) in [7, 11) is 0. The minimum atomic E-state index is 0.152. The lowest BCUT2D eigenvalue weighted by molar-refractivity contribution is -0.0498. The molecule has 1 aromatic rings. The Bertz CT molecular complexity index is 558. The first-order chi connectivity index (χ1) is 9.17. The number of ether oxygens (including phenoxy) is 1. The molecular formula is C15H16ClNO2. The normalized spacial score (nSPS) is 23.9. The van der Waals surface area contributed by atoms with Crippen LogP contribution < -0.4 is 10.1 Å². The number of carbonyl (C=O) groups is 1. The fourth-order valence-electron chi connectivity index (χ4n) is 3.56. The van der Waals surface area contributed by atoms with Crippen molar-refractivity contribution in [1.29, 1.82) is 0 Å². The predicted molar refractivity (Wildman–Crippen MR) is 73.1 cm³/mol. The summed E-state index contributed by atoms with van der Waals surface area (Å²) in [6.45, 7) is 2.26. The Kier molecular flexibility index (Phi) is 2.45. The molecule has 0 bridgehead atoms. The largest absolute Gasteiger partial charge is 0.490 e. The van der Waals surface area contributed by atoms with Crippen molar-refractivity contribution in [2.24, 2.45) is 5.41 Å². The number of hydrogen-bond donors (Lipinski definition) is 1. The first kappa shape index (κ1) is 11.7. The zero-order chi connectivity index (χ0) is 13.0. The lowest BCUT2D eigenvalue weighted by atomic mass is 9.63. The maximum Gasteiger partial charge on any atom is 0.165 e. The quantitative estimate of drug-likeness (QED) is 0.903. The minimum absolute atomic E-state index is 0.152. The van der Waals surface area contributed by atoms with Crippen LogP contribution in [0.3, 0.4) is 0 Å². The van der Waals surface area contributed by atoms with Gasteiger partial charge in [-0.05, 0) is 31.4 Å². The molecule has 0 unspecified atom stereocenters. The fraction of sp³-hybridized carbons (Fsp3) is 0.533. The molecule has 1 heterocycles. The van der Waals surface area contributed by atoms with Crippen LogP contribution in [0.25, 0.3) is 0 Å². The van der Waals surface area contributed by atoms with Crippen molar-refractivity contribution < 1.29 is 9.53 Å². The van der Waals surface area contributed by atoms with Crippen molar-refractivity contribution >= 4 is 17.4 Å². The minimum Gasteiger partial charge on any atom is -0.490 e. The Labute approximate surface area is 117 Å².